The van der Waals surface area contributed by atoms with Gasteiger partial charge in [0.25, 0.3) is 0 Å². The summed E-state index contributed by atoms with van der Waals surface area (Å²) in [6.45, 7) is 9.02. The number of anilines is 1. The Bertz CT molecular complexity index is 1240. The van der Waals surface area contributed by atoms with Crippen molar-refractivity contribution in [3.63, 3.8) is 0 Å². The summed E-state index contributed by atoms with van der Waals surface area (Å²) in [6.07, 6.45) is 2.81. The van der Waals surface area contributed by atoms with Gasteiger partial charge in [-0.25, -0.2) is 9.48 Å². The van der Waals surface area contributed by atoms with Gasteiger partial charge in [-0.2, -0.15) is 4.98 Å². The standard InChI is InChI=1S/C28H34N4O3S/c1-5-7-15-34-26(33)24-20(4)29-27-30-28(36-16-6-2)31-32(27)25(24)21-13-10-14-23(17-21)35-18-22-12-9-8-11-19(22)3/h8-14,17,25H,5-7,15-16,18H2,1-4H3,(H,29,30,31). The molecule has 0 aliphatic carbocycles. The van der Waals surface area contributed by atoms with Crippen LogP contribution in [0.15, 0.2) is 65.0 Å². The predicted molar refractivity (Wildman–Crippen MR) is 143 cm³/mol. The molecule has 1 aliphatic rings. The minimum absolute atomic E-state index is 0.339. The molecule has 0 spiro atoms. The van der Waals surface area contributed by atoms with Crippen LogP contribution in [0.2, 0.25) is 0 Å². The molecule has 2 aromatic carbocycles. The van der Waals surface area contributed by atoms with Gasteiger partial charge in [-0.05, 0) is 55.5 Å². The molecule has 1 aliphatic heterocycles. The zero-order chi connectivity index (χ0) is 25.5. The van der Waals surface area contributed by atoms with Crippen molar-refractivity contribution in [3.05, 3.63) is 76.5 Å². The Morgan fingerprint density at radius 3 is 2.72 bits per heavy atom. The van der Waals surface area contributed by atoms with E-state index in [0.29, 0.717) is 29.9 Å². The molecule has 7 nitrogen and oxygen atoms in total. The Kier molecular flexibility index (Phi) is 8.70. The van der Waals surface area contributed by atoms with Gasteiger partial charge in [0, 0.05) is 11.4 Å². The van der Waals surface area contributed by atoms with Crippen molar-refractivity contribution in [1.29, 1.82) is 0 Å². The first-order chi connectivity index (χ1) is 17.5. The lowest BCUT2D eigenvalue weighted by atomic mass is 9.95. The van der Waals surface area contributed by atoms with Gasteiger partial charge >= 0.3 is 5.97 Å². The molecule has 1 aromatic heterocycles. The fourth-order valence-electron chi connectivity index (χ4n) is 4.05. The van der Waals surface area contributed by atoms with E-state index in [2.05, 4.69) is 43.2 Å². The Morgan fingerprint density at radius 1 is 1.11 bits per heavy atom. The number of carbonyl (C=O) groups is 1. The van der Waals surface area contributed by atoms with Crippen molar-refractivity contribution < 1.29 is 14.3 Å². The Morgan fingerprint density at radius 2 is 1.94 bits per heavy atom. The second-order valence-electron chi connectivity index (χ2n) is 8.85. The van der Waals surface area contributed by atoms with E-state index >= 15 is 0 Å². The SMILES string of the molecule is CCCCOC(=O)C1=C(C)Nc2nc(SCCC)nn2C1c1cccc(OCc2ccccc2C)c1. The van der Waals surface area contributed by atoms with E-state index in [-0.39, 0.29) is 5.97 Å². The molecule has 0 saturated heterocycles. The molecule has 3 aromatic rings. The van der Waals surface area contributed by atoms with Gasteiger partial charge < -0.3 is 14.8 Å². The summed E-state index contributed by atoms with van der Waals surface area (Å²) in [5, 5.41) is 8.72. The van der Waals surface area contributed by atoms with Crippen LogP contribution in [0.3, 0.4) is 0 Å². The summed E-state index contributed by atoms with van der Waals surface area (Å²) in [6, 6.07) is 15.6. The monoisotopic (exact) mass is 506 g/mol. The van der Waals surface area contributed by atoms with Gasteiger partial charge in [-0.15, -0.1) is 5.10 Å². The van der Waals surface area contributed by atoms with E-state index < -0.39 is 6.04 Å². The number of esters is 1. The molecule has 0 bridgehead atoms. The molecule has 0 radical (unpaired) electrons. The van der Waals surface area contributed by atoms with Gasteiger partial charge in [0.2, 0.25) is 11.1 Å². The van der Waals surface area contributed by atoms with Gasteiger partial charge in [0.15, 0.2) is 0 Å². The first-order valence-corrected chi connectivity index (χ1v) is 13.5. The van der Waals surface area contributed by atoms with Crippen molar-refractivity contribution in [1.82, 2.24) is 14.8 Å². The molecule has 1 atom stereocenters. The zero-order valence-electron chi connectivity index (χ0n) is 21.4. The maximum atomic E-state index is 13.3. The molecule has 1 N–H and O–H groups in total. The Labute approximate surface area is 217 Å². The molecular weight excluding hydrogens is 472 g/mol. The normalized spacial score (nSPS) is 14.8. The quantitative estimate of drug-likeness (QED) is 0.186. The highest BCUT2D eigenvalue weighted by Crippen LogP contribution is 2.38. The van der Waals surface area contributed by atoms with Crippen LogP contribution in [0.25, 0.3) is 0 Å². The lowest BCUT2D eigenvalue weighted by molar-refractivity contribution is -0.139. The number of rotatable bonds is 11. The van der Waals surface area contributed by atoms with Crippen molar-refractivity contribution in [3.8, 4) is 5.75 Å². The summed E-state index contributed by atoms with van der Waals surface area (Å²) >= 11 is 1.61. The van der Waals surface area contributed by atoms with Crippen molar-refractivity contribution in [2.75, 3.05) is 17.7 Å². The number of nitrogens with one attached hydrogen (secondary N) is 1. The largest absolute Gasteiger partial charge is 0.489 e. The molecule has 0 fully saturated rings. The van der Waals surface area contributed by atoms with E-state index in [1.165, 1.54) is 5.56 Å². The van der Waals surface area contributed by atoms with Gasteiger partial charge in [0.1, 0.15) is 18.4 Å². The third-order valence-electron chi connectivity index (χ3n) is 6.05. The highest BCUT2D eigenvalue weighted by Gasteiger charge is 2.35. The van der Waals surface area contributed by atoms with Crippen LogP contribution < -0.4 is 10.1 Å². The fraction of sp³-hybridized carbons (Fsp3) is 0.393. The van der Waals surface area contributed by atoms with Crippen molar-refractivity contribution in [2.45, 2.75) is 64.8 Å². The third-order valence-corrected chi connectivity index (χ3v) is 7.09. The summed E-state index contributed by atoms with van der Waals surface area (Å²) in [5.41, 5.74) is 4.47. The van der Waals surface area contributed by atoms with Crippen LogP contribution in [0, 0.1) is 6.92 Å². The van der Waals surface area contributed by atoms with Crippen LogP contribution in [0.4, 0.5) is 5.95 Å². The molecule has 0 amide bonds. The number of unbranched alkanes of at least 4 members (excludes halogenated alkanes) is 1. The minimum Gasteiger partial charge on any atom is -0.489 e. The maximum absolute atomic E-state index is 13.3. The van der Waals surface area contributed by atoms with E-state index in [1.54, 1.807) is 16.4 Å². The number of carbonyl (C=O) groups excluding carboxylic acids is 1. The number of benzene rings is 2. The Balaban J connectivity index is 1.67. The third kappa shape index (κ3) is 5.93. The predicted octanol–water partition coefficient (Wildman–Crippen LogP) is 6.30. The average molecular weight is 507 g/mol. The van der Waals surface area contributed by atoms with Crippen LogP contribution in [-0.2, 0) is 16.1 Å². The van der Waals surface area contributed by atoms with Crippen LogP contribution in [0.1, 0.15) is 62.8 Å². The summed E-state index contributed by atoms with van der Waals surface area (Å²) < 4.78 is 13.6. The van der Waals surface area contributed by atoms with E-state index in [4.69, 9.17) is 14.6 Å². The molecule has 190 valence electrons. The number of fused-ring (bicyclic) bond motifs is 1. The number of nitrogens with zero attached hydrogens (tertiary/aromatic N) is 3. The smallest absolute Gasteiger partial charge is 0.338 e. The van der Waals surface area contributed by atoms with Gasteiger partial charge in [-0.1, -0.05) is 68.4 Å². The molecule has 0 saturated carbocycles. The van der Waals surface area contributed by atoms with Crippen LogP contribution in [-0.4, -0.2) is 33.1 Å². The number of thioether (sulfide) groups is 1. The second-order valence-corrected chi connectivity index (χ2v) is 9.92. The number of aromatic nitrogens is 3. The average Bonchev–Trinajstić information content (AvgIpc) is 3.28. The van der Waals surface area contributed by atoms with Gasteiger partial charge in [-0.3, -0.25) is 0 Å². The number of hydrogen-bond acceptors (Lipinski definition) is 7. The lowest BCUT2D eigenvalue weighted by Crippen LogP contribution is -2.29. The zero-order valence-corrected chi connectivity index (χ0v) is 22.2. The molecule has 36 heavy (non-hydrogen) atoms. The minimum atomic E-state index is -0.471. The first kappa shape index (κ1) is 25.8. The van der Waals surface area contributed by atoms with Crippen LogP contribution >= 0.6 is 11.8 Å². The van der Waals surface area contributed by atoms with Crippen molar-refractivity contribution in [2.24, 2.45) is 0 Å². The topological polar surface area (TPSA) is 78.3 Å². The molecular formula is C28H34N4O3S. The number of allylic oxidation sites excluding steroid dienone is 1. The van der Waals surface area contributed by atoms with Crippen molar-refractivity contribution >= 4 is 23.7 Å². The number of ether oxygens (including phenoxy) is 2. The molecule has 4 rings (SSSR count). The number of aryl methyl sites for hydroxylation is 1. The lowest BCUT2D eigenvalue weighted by Gasteiger charge is -2.28. The van der Waals surface area contributed by atoms with E-state index in [0.717, 1.165) is 47.6 Å². The second kappa shape index (κ2) is 12.1. The van der Waals surface area contributed by atoms with E-state index in [9.17, 15) is 4.79 Å². The maximum Gasteiger partial charge on any atom is 0.338 e. The first-order valence-electron chi connectivity index (χ1n) is 12.5. The van der Waals surface area contributed by atoms with E-state index in [1.807, 2.05) is 43.3 Å². The highest BCUT2D eigenvalue weighted by atomic mass is 32.2. The molecule has 2 heterocycles. The van der Waals surface area contributed by atoms with Gasteiger partial charge in [0.05, 0.1) is 12.2 Å². The molecule has 1 unspecified atom stereocenters. The fourth-order valence-corrected chi connectivity index (χ4v) is 4.74. The highest BCUT2D eigenvalue weighted by molar-refractivity contribution is 7.99. The number of hydrogen-bond donors (Lipinski definition) is 1. The van der Waals surface area contributed by atoms with Crippen LogP contribution in [0.5, 0.6) is 5.75 Å². The summed E-state index contributed by atoms with van der Waals surface area (Å²) in [5.74, 6) is 1.93. The summed E-state index contributed by atoms with van der Waals surface area (Å²) in [4.78, 5) is 17.9. The molecule has 8 heteroatoms. The Hall–Kier alpha value is -3.26. The summed E-state index contributed by atoms with van der Waals surface area (Å²) in [7, 11) is 0.